The quantitative estimate of drug-likeness (QED) is 0.804. The molecule has 0 atom stereocenters. The first-order valence-electron chi connectivity index (χ1n) is 6.37. The summed E-state index contributed by atoms with van der Waals surface area (Å²) in [4.78, 5) is 14.0. The molecule has 0 aliphatic rings. The zero-order valence-electron chi connectivity index (χ0n) is 11.4. The molecule has 0 fully saturated rings. The van der Waals surface area contributed by atoms with E-state index in [1.54, 1.807) is 30.3 Å². The summed E-state index contributed by atoms with van der Waals surface area (Å²) < 4.78 is 14.8. The largest absolute Gasteiger partial charge is 0.306 e. The number of nitrogens with zero attached hydrogens (tertiary/aromatic N) is 1. The van der Waals surface area contributed by atoms with E-state index in [2.05, 4.69) is 15.9 Å². The number of hydrogen-bond acceptors (Lipinski definition) is 1. The lowest BCUT2D eigenvalue weighted by atomic mass is 10.1. The summed E-state index contributed by atoms with van der Waals surface area (Å²) in [5, 5.41) is 0. The summed E-state index contributed by atoms with van der Waals surface area (Å²) >= 11 is 3.40. The number of carbonyl (C=O) groups is 1. The van der Waals surface area contributed by atoms with Crippen LogP contribution in [0.4, 0.5) is 10.1 Å². The van der Waals surface area contributed by atoms with Crippen molar-refractivity contribution < 1.29 is 9.18 Å². The highest BCUT2D eigenvalue weighted by Gasteiger charge is 2.19. The fourth-order valence-electron chi connectivity index (χ4n) is 2.03. The van der Waals surface area contributed by atoms with Gasteiger partial charge in [-0.3, -0.25) is 4.79 Å². The topological polar surface area (TPSA) is 20.3 Å². The second-order valence-electron chi connectivity index (χ2n) is 4.46. The molecular formula is C16H15BrFNO. The minimum absolute atomic E-state index is 0.201. The normalized spacial score (nSPS) is 10.4. The van der Waals surface area contributed by atoms with Crippen molar-refractivity contribution in [3.05, 3.63) is 63.9 Å². The maximum atomic E-state index is 13.8. The monoisotopic (exact) mass is 335 g/mol. The van der Waals surface area contributed by atoms with Crippen molar-refractivity contribution in [1.82, 2.24) is 0 Å². The molecule has 0 bridgehead atoms. The maximum Gasteiger partial charge on any atom is 0.258 e. The zero-order valence-corrected chi connectivity index (χ0v) is 12.9. The van der Waals surface area contributed by atoms with Gasteiger partial charge in [0, 0.05) is 16.6 Å². The third kappa shape index (κ3) is 2.90. The number of para-hydroxylation sites is 1. The van der Waals surface area contributed by atoms with Crippen LogP contribution in [0.5, 0.6) is 0 Å². The number of anilines is 1. The van der Waals surface area contributed by atoms with Crippen molar-refractivity contribution in [2.24, 2.45) is 0 Å². The van der Waals surface area contributed by atoms with Crippen molar-refractivity contribution in [2.45, 2.75) is 13.8 Å². The fourth-order valence-corrected chi connectivity index (χ4v) is 2.27. The van der Waals surface area contributed by atoms with Crippen LogP contribution in [0.25, 0.3) is 0 Å². The highest BCUT2D eigenvalue weighted by molar-refractivity contribution is 9.10. The lowest BCUT2D eigenvalue weighted by molar-refractivity contribution is 0.0987. The van der Waals surface area contributed by atoms with Gasteiger partial charge in [-0.25, -0.2) is 4.39 Å². The second-order valence-corrected chi connectivity index (χ2v) is 5.32. The van der Waals surface area contributed by atoms with Crippen LogP contribution in [0, 0.1) is 12.7 Å². The fraction of sp³-hybridized carbons (Fsp3) is 0.188. The predicted octanol–water partition coefficient (Wildman–Crippen LogP) is 4.56. The Bertz CT molecular complexity index is 642. The van der Waals surface area contributed by atoms with E-state index in [9.17, 15) is 9.18 Å². The molecule has 104 valence electrons. The average Bonchev–Trinajstić information content (AvgIpc) is 2.44. The SMILES string of the molecule is CCN(C(=O)c1ccc(Br)c(C)c1)c1ccccc1F. The summed E-state index contributed by atoms with van der Waals surface area (Å²) in [5.74, 6) is -0.593. The molecule has 0 saturated heterocycles. The van der Waals surface area contributed by atoms with E-state index in [4.69, 9.17) is 0 Å². The Morgan fingerprint density at radius 3 is 2.55 bits per heavy atom. The Morgan fingerprint density at radius 2 is 1.95 bits per heavy atom. The lowest BCUT2D eigenvalue weighted by Gasteiger charge is -2.22. The van der Waals surface area contributed by atoms with Gasteiger partial charge in [0.1, 0.15) is 5.82 Å². The molecule has 0 spiro atoms. The van der Waals surface area contributed by atoms with Crippen molar-refractivity contribution in [3.8, 4) is 0 Å². The lowest BCUT2D eigenvalue weighted by Crippen LogP contribution is -2.31. The number of rotatable bonds is 3. The molecule has 0 saturated carbocycles. The molecule has 0 unspecified atom stereocenters. The molecule has 0 aliphatic carbocycles. The van der Waals surface area contributed by atoms with E-state index in [-0.39, 0.29) is 5.91 Å². The molecule has 0 heterocycles. The highest BCUT2D eigenvalue weighted by Crippen LogP contribution is 2.23. The van der Waals surface area contributed by atoms with Crippen LogP contribution in [-0.4, -0.2) is 12.5 Å². The average molecular weight is 336 g/mol. The number of benzene rings is 2. The van der Waals surface area contributed by atoms with Gasteiger partial charge in [-0.1, -0.05) is 28.1 Å². The molecule has 2 aromatic rings. The van der Waals surface area contributed by atoms with Gasteiger partial charge < -0.3 is 4.90 Å². The van der Waals surface area contributed by atoms with E-state index in [0.29, 0.717) is 17.8 Å². The molecule has 0 aliphatic heterocycles. The summed E-state index contributed by atoms with van der Waals surface area (Å²) in [5.41, 5.74) is 1.83. The van der Waals surface area contributed by atoms with Gasteiger partial charge in [0.15, 0.2) is 0 Å². The summed E-state index contributed by atoms with van der Waals surface area (Å²) in [6.07, 6.45) is 0. The summed E-state index contributed by atoms with van der Waals surface area (Å²) in [7, 11) is 0. The van der Waals surface area contributed by atoms with Gasteiger partial charge >= 0.3 is 0 Å². The molecule has 0 radical (unpaired) electrons. The molecule has 2 rings (SSSR count). The summed E-state index contributed by atoms with van der Waals surface area (Å²) in [6.45, 7) is 4.16. The van der Waals surface area contributed by atoms with Crippen LogP contribution in [0.2, 0.25) is 0 Å². The highest BCUT2D eigenvalue weighted by atomic mass is 79.9. The molecule has 2 nitrogen and oxygen atoms in total. The first-order chi connectivity index (χ1) is 9.54. The van der Waals surface area contributed by atoms with Crippen molar-refractivity contribution >= 4 is 27.5 Å². The molecule has 20 heavy (non-hydrogen) atoms. The van der Waals surface area contributed by atoms with Crippen LogP contribution in [-0.2, 0) is 0 Å². The first-order valence-corrected chi connectivity index (χ1v) is 7.16. The van der Waals surface area contributed by atoms with Gasteiger partial charge in [-0.15, -0.1) is 0 Å². The van der Waals surface area contributed by atoms with Crippen LogP contribution in [0.3, 0.4) is 0 Å². The minimum atomic E-state index is -0.392. The molecule has 0 aromatic heterocycles. The van der Waals surface area contributed by atoms with Crippen LogP contribution in [0.1, 0.15) is 22.8 Å². The summed E-state index contributed by atoms with van der Waals surface area (Å²) in [6, 6.07) is 11.7. The third-order valence-electron chi connectivity index (χ3n) is 3.11. The third-order valence-corrected chi connectivity index (χ3v) is 4.00. The van der Waals surface area contributed by atoms with Gasteiger partial charge in [-0.05, 0) is 49.7 Å². The van der Waals surface area contributed by atoms with Gasteiger partial charge in [0.2, 0.25) is 0 Å². The number of carbonyl (C=O) groups excluding carboxylic acids is 1. The Hall–Kier alpha value is -1.68. The standard InChI is InChI=1S/C16H15BrFNO/c1-3-19(15-7-5-4-6-14(15)18)16(20)12-8-9-13(17)11(2)10-12/h4-10H,3H2,1-2H3. The minimum Gasteiger partial charge on any atom is -0.306 e. The Morgan fingerprint density at radius 1 is 1.25 bits per heavy atom. The van der Waals surface area contributed by atoms with E-state index in [1.165, 1.54) is 11.0 Å². The van der Waals surface area contributed by atoms with Crippen LogP contribution in [0.15, 0.2) is 46.9 Å². The van der Waals surface area contributed by atoms with Crippen molar-refractivity contribution in [3.63, 3.8) is 0 Å². The number of aryl methyl sites for hydroxylation is 1. The van der Waals surface area contributed by atoms with E-state index < -0.39 is 5.82 Å². The molecule has 0 N–H and O–H groups in total. The number of hydrogen-bond donors (Lipinski definition) is 0. The molecular weight excluding hydrogens is 321 g/mol. The zero-order chi connectivity index (χ0) is 14.7. The van der Waals surface area contributed by atoms with E-state index in [0.717, 1.165) is 10.0 Å². The number of halogens is 2. The van der Waals surface area contributed by atoms with Gasteiger partial charge in [0.25, 0.3) is 5.91 Å². The predicted molar refractivity (Wildman–Crippen MR) is 82.6 cm³/mol. The Kier molecular flexibility index (Phi) is 4.55. The van der Waals surface area contributed by atoms with E-state index in [1.807, 2.05) is 19.9 Å². The van der Waals surface area contributed by atoms with Crippen LogP contribution < -0.4 is 4.90 Å². The second kappa shape index (κ2) is 6.18. The Labute approximate surface area is 126 Å². The van der Waals surface area contributed by atoms with Gasteiger partial charge in [0.05, 0.1) is 5.69 Å². The Balaban J connectivity index is 2.39. The molecule has 4 heteroatoms. The number of amides is 1. The first kappa shape index (κ1) is 14.7. The smallest absolute Gasteiger partial charge is 0.258 e. The maximum absolute atomic E-state index is 13.8. The van der Waals surface area contributed by atoms with Crippen molar-refractivity contribution in [1.29, 1.82) is 0 Å². The van der Waals surface area contributed by atoms with Crippen molar-refractivity contribution in [2.75, 3.05) is 11.4 Å². The molecule has 1 amide bonds. The van der Waals surface area contributed by atoms with Gasteiger partial charge in [-0.2, -0.15) is 0 Å². The van der Waals surface area contributed by atoms with Crippen LogP contribution >= 0.6 is 15.9 Å². The van der Waals surface area contributed by atoms with E-state index >= 15 is 0 Å². The molecule has 2 aromatic carbocycles.